The first kappa shape index (κ1) is 9.89. The van der Waals surface area contributed by atoms with Gasteiger partial charge in [-0.3, -0.25) is 0 Å². The van der Waals surface area contributed by atoms with Crippen LogP contribution in [-0.4, -0.2) is 9.38 Å². The molecule has 2 heterocycles. The van der Waals surface area contributed by atoms with Gasteiger partial charge in [0.25, 0.3) is 0 Å². The number of hydrogen-bond acceptors (Lipinski definition) is 1. The molecule has 1 fully saturated rings. The van der Waals surface area contributed by atoms with Crippen molar-refractivity contribution in [2.75, 3.05) is 0 Å². The van der Waals surface area contributed by atoms with Gasteiger partial charge in [-0.2, -0.15) is 0 Å². The monoisotopic (exact) mass is 234 g/mol. The summed E-state index contributed by atoms with van der Waals surface area (Å²) >= 11 is 0. The van der Waals surface area contributed by atoms with Crippen LogP contribution in [0.3, 0.4) is 0 Å². The average Bonchev–Trinajstić information content (AvgIpc) is 3.12. The highest BCUT2D eigenvalue weighted by Crippen LogP contribution is 2.54. The number of imidazole rings is 1. The van der Waals surface area contributed by atoms with Gasteiger partial charge < -0.3 is 4.40 Å². The second-order valence-corrected chi connectivity index (χ2v) is 4.97. The highest BCUT2D eigenvalue weighted by atomic mass is 15.0. The summed E-state index contributed by atoms with van der Waals surface area (Å²) in [7, 11) is 0. The molecule has 18 heavy (non-hydrogen) atoms. The summed E-state index contributed by atoms with van der Waals surface area (Å²) in [4.78, 5) is 4.47. The first-order valence-corrected chi connectivity index (χ1v) is 6.40. The van der Waals surface area contributed by atoms with Crippen LogP contribution < -0.4 is 0 Å². The van der Waals surface area contributed by atoms with Crippen molar-refractivity contribution in [3.8, 4) is 0 Å². The molecular weight excluding hydrogens is 220 g/mol. The van der Waals surface area contributed by atoms with Crippen LogP contribution in [0.25, 0.3) is 5.65 Å². The van der Waals surface area contributed by atoms with Gasteiger partial charge in [0.05, 0.1) is 0 Å². The van der Waals surface area contributed by atoms with E-state index < -0.39 is 0 Å². The summed E-state index contributed by atoms with van der Waals surface area (Å²) in [6.45, 7) is 0. The quantitative estimate of drug-likeness (QED) is 0.662. The van der Waals surface area contributed by atoms with Gasteiger partial charge in [0.2, 0.25) is 0 Å². The minimum atomic E-state index is 0.629. The Balaban J connectivity index is 1.70. The fourth-order valence-electron chi connectivity index (χ4n) is 2.82. The first-order chi connectivity index (χ1) is 8.93. The molecule has 3 aromatic rings. The van der Waals surface area contributed by atoms with Gasteiger partial charge in [-0.05, 0) is 30.0 Å². The molecule has 0 aliphatic heterocycles. The first-order valence-electron chi connectivity index (χ1n) is 6.40. The number of pyridine rings is 1. The standard InChI is InChI=1S/C16H14N2/c1-2-6-12(7-3-1)13-10-14(13)15-11-17-16-8-4-5-9-18(15)16/h1-9,11,13-14H,10H2/t13-,14?/m1/s1. The third-order valence-electron chi connectivity index (χ3n) is 3.84. The van der Waals surface area contributed by atoms with Crippen molar-refractivity contribution in [3.05, 3.63) is 72.2 Å². The summed E-state index contributed by atoms with van der Waals surface area (Å²) in [5.74, 6) is 1.30. The van der Waals surface area contributed by atoms with Crippen molar-refractivity contribution in [2.24, 2.45) is 0 Å². The number of fused-ring (bicyclic) bond motifs is 1. The smallest absolute Gasteiger partial charge is 0.136 e. The molecule has 88 valence electrons. The zero-order valence-corrected chi connectivity index (χ0v) is 10.0. The Morgan fingerprint density at radius 2 is 1.78 bits per heavy atom. The Bertz CT molecular complexity index is 684. The van der Waals surface area contributed by atoms with E-state index >= 15 is 0 Å². The summed E-state index contributed by atoms with van der Waals surface area (Å²) in [6.07, 6.45) is 5.38. The largest absolute Gasteiger partial charge is 0.304 e. The molecule has 2 aromatic heterocycles. The highest BCUT2D eigenvalue weighted by Gasteiger charge is 2.41. The minimum Gasteiger partial charge on any atom is -0.304 e. The molecular formula is C16H14N2. The number of benzene rings is 1. The number of aromatic nitrogens is 2. The second-order valence-electron chi connectivity index (χ2n) is 4.97. The van der Waals surface area contributed by atoms with Crippen molar-refractivity contribution in [1.82, 2.24) is 9.38 Å². The lowest BCUT2D eigenvalue weighted by atomic mass is 10.1. The molecule has 0 amide bonds. The summed E-state index contributed by atoms with van der Waals surface area (Å²) in [5.41, 5.74) is 3.85. The molecule has 1 saturated carbocycles. The maximum absolute atomic E-state index is 4.47. The third-order valence-corrected chi connectivity index (χ3v) is 3.84. The van der Waals surface area contributed by atoms with Gasteiger partial charge >= 0.3 is 0 Å². The van der Waals surface area contributed by atoms with Crippen LogP contribution in [0.1, 0.15) is 29.5 Å². The van der Waals surface area contributed by atoms with E-state index in [0.29, 0.717) is 11.8 Å². The van der Waals surface area contributed by atoms with E-state index in [4.69, 9.17) is 0 Å². The molecule has 2 nitrogen and oxygen atoms in total. The maximum atomic E-state index is 4.47. The Morgan fingerprint density at radius 3 is 2.67 bits per heavy atom. The van der Waals surface area contributed by atoms with Gasteiger partial charge in [0, 0.05) is 24.0 Å². The van der Waals surface area contributed by atoms with E-state index in [1.807, 2.05) is 12.3 Å². The number of nitrogens with zero attached hydrogens (tertiary/aromatic N) is 2. The summed E-state index contributed by atoms with van der Waals surface area (Å²) < 4.78 is 2.22. The lowest BCUT2D eigenvalue weighted by Crippen LogP contribution is -1.91. The second kappa shape index (κ2) is 3.70. The van der Waals surface area contributed by atoms with Gasteiger partial charge in [-0.15, -0.1) is 0 Å². The van der Waals surface area contributed by atoms with Crippen molar-refractivity contribution in [1.29, 1.82) is 0 Å². The van der Waals surface area contributed by atoms with Crippen LogP contribution in [0.2, 0.25) is 0 Å². The molecule has 1 unspecified atom stereocenters. The van der Waals surface area contributed by atoms with E-state index in [1.165, 1.54) is 17.7 Å². The molecule has 1 aliphatic rings. The zero-order chi connectivity index (χ0) is 11.9. The van der Waals surface area contributed by atoms with Crippen molar-refractivity contribution < 1.29 is 0 Å². The molecule has 0 bridgehead atoms. The number of hydrogen-bond donors (Lipinski definition) is 0. The molecule has 2 atom stereocenters. The average molecular weight is 234 g/mol. The van der Waals surface area contributed by atoms with E-state index in [2.05, 4.69) is 58.0 Å². The molecule has 0 N–H and O–H groups in total. The Hall–Kier alpha value is -2.09. The van der Waals surface area contributed by atoms with Crippen LogP contribution in [0, 0.1) is 0 Å². The van der Waals surface area contributed by atoms with Crippen molar-refractivity contribution in [2.45, 2.75) is 18.3 Å². The van der Waals surface area contributed by atoms with Gasteiger partial charge in [0.1, 0.15) is 5.65 Å². The number of rotatable bonds is 2. The van der Waals surface area contributed by atoms with Gasteiger partial charge in [0.15, 0.2) is 0 Å². The molecule has 1 aliphatic carbocycles. The van der Waals surface area contributed by atoms with Crippen LogP contribution in [0.5, 0.6) is 0 Å². The Morgan fingerprint density at radius 1 is 0.944 bits per heavy atom. The lowest BCUT2D eigenvalue weighted by molar-refractivity contribution is 0.941. The van der Waals surface area contributed by atoms with Crippen molar-refractivity contribution in [3.63, 3.8) is 0 Å². The van der Waals surface area contributed by atoms with Crippen LogP contribution >= 0.6 is 0 Å². The lowest BCUT2D eigenvalue weighted by Gasteiger charge is -2.01. The summed E-state index contributed by atoms with van der Waals surface area (Å²) in [6, 6.07) is 16.9. The van der Waals surface area contributed by atoms with E-state index in [0.717, 1.165) is 5.65 Å². The van der Waals surface area contributed by atoms with Gasteiger partial charge in [-0.1, -0.05) is 36.4 Å². The zero-order valence-electron chi connectivity index (χ0n) is 10.0. The van der Waals surface area contributed by atoms with Crippen LogP contribution in [-0.2, 0) is 0 Å². The predicted molar refractivity (Wildman–Crippen MR) is 71.7 cm³/mol. The SMILES string of the molecule is c1ccc([C@H]2CC2c2cnc3ccccn23)cc1. The summed E-state index contributed by atoms with van der Waals surface area (Å²) in [5, 5.41) is 0. The van der Waals surface area contributed by atoms with Gasteiger partial charge in [-0.25, -0.2) is 4.98 Å². The maximum Gasteiger partial charge on any atom is 0.136 e. The Kier molecular flexibility index (Phi) is 2.04. The van der Waals surface area contributed by atoms with Crippen molar-refractivity contribution >= 4 is 5.65 Å². The molecule has 0 radical (unpaired) electrons. The molecule has 1 aromatic carbocycles. The third kappa shape index (κ3) is 1.46. The molecule has 4 rings (SSSR count). The topological polar surface area (TPSA) is 17.3 Å². The van der Waals surface area contributed by atoms with E-state index in [-0.39, 0.29) is 0 Å². The predicted octanol–water partition coefficient (Wildman–Crippen LogP) is 3.61. The fraction of sp³-hybridized carbons (Fsp3) is 0.188. The van der Waals surface area contributed by atoms with Crippen LogP contribution in [0.4, 0.5) is 0 Å². The molecule has 0 saturated heterocycles. The van der Waals surface area contributed by atoms with Crippen LogP contribution in [0.15, 0.2) is 60.9 Å². The fourth-order valence-corrected chi connectivity index (χ4v) is 2.82. The highest BCUT2D eigenvalue weighted by molar-refractivity contribution is 5.43. The normalized spacial score (nSPS) is 22.2. The minimum absolute atomic E-state index is 0.629. The van der Waals surface area contributed by atoms with E-state index in [9.17, 15) is 0 Å². The molecule has 2 heteroatoms. The Labute approximate surface area is 106 Å². The van der Waals surface area contributed by atoms with E-state index in [1.54, 1.807) is 0 Å². The molecule has 0 spiro atoms.